The lowest BCUT2D eigenvalue weighted by molar-refractivity contribution is 0.0743. The maximum absolute atomic E-state index is 11.9. The van der Waals surface area contributed by atoms with Crippen molar-refractivity contribution in [2.75, 3.05) is 6.61 Å². The lowest BCUT2D eigenvalue weighted by Crippen LogP contribution is -2.50. The molecule has 6 nitrogen and oxygen atoms in total. The Morgan fingerprint density at radius 3 is 2.65 bits per heavy atom. The zero-order chi connectivity index (χ0) is 16.5. The van der Waals surface area contributed by atoms with E-state index >= 15 is 0 Å². The minimum Gasteiger partial charge on any atom is -0.374 e. The van der Waals surface area contributed by atoms with Crippen LogP contribution in [0.4, 0.5) is 4.79 Å². The Balaban J connectivity index is 1.70. The zero-order valence-corrected chi connectivity index (χ0v) is 13.5. The molecule has 0 spiro atoms. The molecule has 0 unspecified atom stereocenters. The van der Waals surface area contributed by atoms with Gasteiger partial charge in [0.2, 0.25) is 0 Å². The molecule has 0 atom stereocenters. The van der Waals surface area contributed by atoms with E-state index in [1.54, 1.807) is 18.3 Å². The maximum atomic E-state index is 11.9. The molecule has 122 valence electrons. The Kier molecular flexibility index (Phi) is 6.05. The van der Waals surface area contributed by atoms with Crippen LogP contribution in [0.15, 0.2) is 48.7 Å². The molecule has 1 aromatic carbocycles. The molecule has 6 heteroatoms. The first kappa shape index (κ1) is 16.9. The number of carbonyl (C=O) groups is 1. The number of benzene rings is 1. The van der Waals surface area contributed by atoms with Crippen LogP contribution in [0.3, 0.4) is 0 Å². The summed E-state index contributed by atoms with van der Waals surface area (Å²) in [6, 6.07) is 13.3. The molecule has 1 heterocycles. The number of amides is 2. The van der Waals surface area contributed by atoms with E-state index in [1.165, 1.54) is 0 Å². The molecule has 0 saturated heterocycles. The average Bonchev–Trinajstić information content (AvgIpc) is 2.54. The van der Waals surface area contributed by atoms with Gasteiger partial charge in [-0.25, -0.2) is 4.79 Å². The molecular formula is C17H22N4O2. The van der Waals surface area contributed by atoms with Gasteiger partial charge in [-0.3, -0.25) is 0 Å². The van der Waals surface area contributed by atoms with E-state index in [9.17, 15) is 4.79 Å². The smallest absolute Gasteiger partial charge is 0.315 e. The van der Waals surface area contributed by atoms with E-state index in [0.29, 0.717) is 25.5 Å². The molecule has 0 saturated carbocycles. The average molecular weight is 314 g/mol. The fraction of sp³-hybridized carbons (Fsp3) is 0.353. The summed E-state index contributed by atoms with van der Waals surface area (Å²) in [4.78, 5) is 11.9. The quantitative estimate of drug-likeness (QED) is 0.822. The first-order valence-electron chi connectivity index (χ1n) is 7.49. The van der Waals surface area contributed by atoms with E-state index in [0.717, 1.165) is 5.56 Å². The van der Waals surface area contributed by atoms with Crippen molar-refractivity contribution in [1.29, 1.82) is 0 Å². The predicted molar refractivity (Wildman–Crippen MR) is 87.6 cm³/mol. The van der Waals surface area contributed by atoms with Gasteiger partial charge in [0, 0.05) is 6.20 Å². The molecule has 2 amide bonds. The molecule has 0 radical (unpaired) electrons. The first-order valence-corrected chi connectivity index (χ1v) is 7.49. The van der Waals surface area contributed by atoms with Gasteiger partial charge in [0.05, 0.1) is 31.0 Å². The van der Waals surface area contributed by atoms with E-state index < -0.39 is 5.54 Å². The van der Waals surface area contributed by atoms with Crippen molar-refractivity contribution < 1.29 is 9.53 Å². The third kappa shape index (κ3) is 6.44. The first-order chi connectivity index (χ1) is 11.1. The topological polar surface area (TPSA) is 76.1 Å². The lowest BCUT2D eigenvalue weighted by Gasteiger charge is -2.26. The monoisotopic (exact) mass is 314 g/mol. The Morgan fingerprint density at radius 1 is 1.17 bits per heavy atom. The second-order valence-corrected chi connectivity index (χ2v) is 5.88. The van der Waals surface area contributed by atoms with Crippen molar-refractivity contribution in [3.8, 4) is 0 Å². The van der Waals surface area contributed by atoms with Gasteiger partial charge in [-0.15, -0.1) is 0 Å². The van der Waals surface area contributed by atoms with Crippen LogP contribution in [0.25, 0.3) is 0 Å². The van der Waals surface area contributed by atoms with Gasteiger partial charge in [0.1, 0.15) is 0 Å². The SMILES string of the molecule is CC(C)(COCc1ccccc1)NC(=O)NCc1cccnn1. The minimum atomic E-state index is -0.471. The lowest BCUT2D eigenvalue weighted by atomic mass is 10.1. The summed E-state index contributed by atoms with van der Waals surface area (Å²) in [5.41, 5.74) is 1.34. The van der Waals surface area contributed by atoms with Crippen LogP contribution >= 0.6 is 0 Å². The summed E-state index contributed by atoms with van der Waals surface area (Å²) in [5, 5.41) is 13.3. The minimum absolute atomic E-state index is 0.260. The van der Waals surface area contributed by atoms with E-state index in [1.807, 2.05) is 44.2 Å². The summed E-state index contributed by atoms with van der Waals surface area (Å²) < 4.78 is 5.68. The normalized spacial score (nSPS) is 11.0. The highest BCUT2D eigenvalue weighted by Gasteiger charge is 2.20. The standard InChI is InChI=1S/C17H22N4O2/c1-17(2,13-23-12-14-7-4-3-5-8-14)20-16(22)18-11-15-9-6-10-19-21-15/h3-10H,11-13H2,1-2H3,(H2,18,20,22). The molecule has 1 aromatic heterocycles. The molecule has 0 aliphatic rings. The maximum Gasteiger partial charge on any atom is 0.315 e. The molecule has 2 aromatic rings. The van der Waals surface area contributed by atoms with E-state index in [4.69, 9.17) is 4.74 Å². The van der Waals surface area contributed by atoms with Crippen molar-refractivity contribution in [1.82, 2.24) is 20.8 Å². The molecule has 0 fully saturated rings. The molecule has 0 bridgehead atoms. The van der Waals surface area contributed by atoms with Crippen LogP contribution in [0.2, 0.25) is 0 Å². The Bertz CT molecular complexity index is 603. The number of aromatic nitrogens is 2. The number of urea groups is 1. The van der Waals surface area contributed by atoms with Gasteiger partial charge >= 0.3 is 6.03 Å². The Hall–Kier alpha value is -2.47. The molecule has 23 heavy (non-hydrogen) atoms. The largest absolute Gasteiger partial charge is 0.374 e. The molecule has 2 rings (SSSR count). The van der Waals surface area contributed by atoms with Gasteiger partial charge in [0.25, 0.3) is 0 Å². The van der Waals surface area contributed by atoms with Crippen LogP contribution < -0.4 is 10.6 Å². The molecule has 2 N–H and O–H groups in total. The van der Waals surface area contributed by atoms with Crippen LogP contribution in [0.5, 0.6) is 0 Å². The number of nitrogens with one attached hydrogen (secondary N) is 2. The fourth-order valence-electron chi connectivity index (χ4n) is 1.98. The predicted octanol–water partition coefficient (Wildman–Crippen LogP) is 2.27. The highest BCUT2D eigenvalue weighted by Crippen LogP contribution is 2.06. The summed E-state index contributed by atoms with van der Waals surface area (Å²) in [6.07, 6.45) is 1.59. The zero-order valence-electron chi connectivity index (χ0n) is 13.5. The number of nitrogens with zero attached hydrogens (tertiary/aromatic N) is 2. The van der Waals surface area contributed by atoms with Gasteiger partial charge < -0.3 is 15.4 Å². The van der Waals surface area contributed by atoms with Gasteiger partial charge in [-0.1, -0.05) is 30.3 Å². The second kappa shape index (κ2) is 8.24. The van der Waals surface area contributed by atoms with Crippen molar-refractivity contribution in [3.63, 3.8) is 0 Å². The van der Waals surface area contributed by atoms with Crippen LogP contribution in [-0.2, 0) is 17.9 Å². The summed E-state index contributed by atoms with van der Waals surface area (Å²) in [6.45, 7) is 5.11. The number of rotatable bonds is 7. The van der Waals surface area contributed by atoms with Crippen LogP contribution in [0.1, 0.15) is 25.1 Å². The van der Waals surface area contributed by atoms with Crippen molar-refractivity contribution in [3.05, 3.63) is 59.9 Å². The third-order valence-electron chi connectivity index (χ3n) is 3.08. The summed E-state index contributed by atoms with van der Waals surface area (Å²) in [7, 11) is 0. The van der Waals surface area contributed by atoms with Crippen molar-refractivity contribution >= 4 is 6.03 Å². The molecule has 0 aliphatic heterocycles. The second-order valence-electron chi connectivity index (χ2n) is 5.88. The van der Waals surface area contributed by atoms with Gasteiger partial charge in [0.15, 0.2) is 0 Å². The third-order valence-corrected chi connectivity index (χ3v) is 3.08. The Labute approximate surface area is 136 Å². The highest BCUT2D eigenvalue weighted by molar-refractivity contribution is 5.74. The van der Waals surface area contributed by atoms with Crippen molar-refractivity contribution in [2.45, 2.75) is 32.5 Å². The van der Waals surface area contributed by atoms with Crippen LogP contribution in [0, 0.1) is 0 Å². The molecule has 0 aliphatic carbocycles. The highest BCUT2D eigenvalue weighted by atomic mass is 16.5. The van der Waals surface area contributed by atoms with Gasteiger partial charge in [-0.05, 0) is 31.5 Å². The van der Waals surface area contributed by atoms with Gasteiger partial charge in [-0.2, -0.15) is 10.2 Å². The number of carbonyl (C=O) groups excluding carboxylic acids is 1. The Morgan fingerprint density at radius 2 is 1.96 bits per heavy atom. The number of ether oxygens (including phenoxy) is 1. The van der Waals surface area contributed by atoms with Crippen molar-refractivity contribution in [2.24, 2.45) is 0 Å². The molecular weight excluding hydrogens is 292 g/mol. The summed E-state index contributed by atoms with van der Waals surface area (Å²) in [5.74, 6) is 0. The van der Waals surface area contributed by atoms with Crippen LogP contribution in [-0.4, -0.2) is 28.4 Å². The summed E-state index contributed by atoms with van der Waals surface area (Å²) >= 11 is 0. The van der Waals surface area contributed by atoms with E-state index in [2.05, 4.69) is 20.8 Å². The fourth-order valence-corrected chi connectivity index (χ4v) is 1.98. The van der Waals surface area contributed by atoms with E-state index in [-0.39, 0.29) is 6.03 Å². The number of hydrogen-bond donors (Lipinski definition) is 2. The number of hydrogen-bond acceptors (Lipinski definition) is 4.